The van der Waals surface area contributed by atoms with Crippen LogP contribution in [-0.2, 0) is 52.1 Å². The minimum Gasteiger partial charge on any atom is -0.492 e. The predicted octanol–water partition coefficient (Wildman–Crippen LogP) is 8.17. The lowest BCUT2D eigenvalue weighted by atomic mass is 9.76. The van der Waals surface area contributed by atoms with Gasteiger partial charge in [-0.2, -0.15) is 15.2 Å². The Morgan fingerprint density at radius 2 is 1.51 bits per heavy atom. The summed E-state index contributed by atoms with van der Waals surface area (Å²) in [6.45, 7) is 22.5. The fourth-order valence-electron chi connectivity index (χ4n) is 8.87. The Labute approximate surface area is 351 Å². The van der Waals surface area contributed by atoms with Crippen LogP contribution in [0.15, 0.2) is 22.7 Å². The molecule has 14 heteroatoms. The number of hydrogen-bond donors (Lipinski definition) is 2. The fraction of sp³-hybridized carbons (Fsp3) is 0.533. The van der Waals surface area contributed by atoms with Crippen molar-refractivity contribution in [2.45, 2.75) is 120 Å². The van der Waals surface area contributed by atoms with Gasteiger partial charge in [0, 0.05) is 78.1 Å². The monoisotopic (exact) mass is 817 g/mol. The largest absolute Gasteiger partial charge is 0.492 e. The SMILES string of the molecule is CCc1cc(-c2noc(-c3nn(CC)c4c3CCC(C)(C)C4)n2)c(C)nc1CCNNCCOc1c(C)cc(-c2nnc(-c3nn(C)c4c3CCC(C)(C)C4)s2)cc1C. The third kappa shape index (κ3) is 8.36. The first kappa shape index (κ1) is 41.0. The van der Waals surface area contributed by atoms with E-state index in [1.54, 1.807) is 11.3 Å². The molecule has 312 valence electrons. The highest BCUT2D eigenvalue weighted by Crippen LogP contribution is 2.42. The molecule has 1 aromatic carbocycles. The number of benzene rings is 1. The Morgan fingerprint density at radius 3 is 2.22 bits per heavy atom. The number of hydrogen-bond acceptors (Lipinski definition) is 12. The Hall–Kier alpha value is -4.79. The van der Waals surface area contributed by atoms with Gasteiger partial charge in [0.05, 0.1) is 0 Å². The van der Waals surface area contributed by atoms with Crippen LogP contribution in [0.1, 0.15) is 105 Å². The molecule has 0 radical (unpaired) electrons. The van der Waals surface area contributed by atoms with Crippen molar-refractivity contribution in [3.05, 3.63) is 68.8 Å². The first-order valence-electron chi connectivity index (χ1n) is 21.2. The molecule has 13 nitrogen and oxygen atoms in total. The summed E-state index contributed by atoms with van der Waals surface area (Å²) in [5.74, 6) is 1.94. The molecule has 59 heavy (non-hydrogen) atoms. The highest BCUT2D eigenvalue weighted by Gasteiger charge is 2.34. The van der Waals surface area contributed by atoms with Gasteiger partial charge in [0.2, 0.25) is 5.82 Å². The molecule has 0 bridgehead atoms. The number of fused-ring (bicyclic) bond motifs is 2. The molecule has 0 aliphatic heterocycles. The van der Waals surface area contributed by atoms with E-state index in [0.29, 0.717) is 30.3 Å². The standard InChI is InChI=1S/C45H59N11O2S/c1-11-29-23-33(40-49-41(58-54-40)37-32-14-17-45(8,9)25-36(32)56(12-2)53-37)28(5)48-34(29)15-18-46-47-19-20-57-39-26(3)21-30(22-27(39)4)42-50-51-43(59-42)38-31-13-16-44(6,7)24-35(31)55(10)52-38/h21-23,46-47H,11-20,24-25H2,1-10H3. The number of ether oxygens (including phenoxy) is 1. The molecule has 0 fully saturated rings. The van der Waals surface area contributed by atoms with Crippen LogP contribution in [0.25, 0.3) is 44.2 Å². The lowest BCUT2D eigenvalue weighted by molar-refractivity contribution is 0.301. The summed E-state index contributed by atoms with van der Waals surface area (Å²) in [6, 6.07) is 6.46. The zero-order valence-corrected chi connectivity index (χ0v) is 37.3. The third-order valence-corrected chi connectivity index (χ3v) is 13.2. The molecule has 0 unspecified atom stereocenters. The van der Waals surface area contributed by atoms with Crippen molar-refractivity contribution in [1.82, 2.24) is 55.7 Å². The topological polar surface area (TPSA) is 147 Å². The molecule has 0 amide bonds. The molecular weight excluding hydrogens is 759 g/mol. The Bertz CT molecular complexity index is 2460. The van der Waals surface area contributed by atoms with Crippen LogP contribution in [0.3, 0.4) is 0 Å². The maximum absolute atomic E-state index is 6.27. The van der Waals surface area contributed by atoms with E-state index in [2.05, 4.69) is 104 Å². The lowest BCUT2D eigenvalue weighted by Gasteiger charge is -2.30. The Kier molecular flexibility index (Phi) is 11.3. The summed E-state index contributed by atoms with van der Waals surface area (Å²) in [7, 11) is 2.05. The van der Waals surface area contributed by atoms with Gasteiger partial charge in [-0.15, -0.1) is 10.2 Å². The summed E-state index contributed by atoms with van der Waals surface area (Å²) >= 11 is 1.61. The molecule has 6 aromatic rings. The minimum atomic E-state index is 0.262. The molecule has 2 N–H and O–H groups in total. The summed E-state index contributed by atoms with van der Waals surface area (Å²) in [4.78, 5) is 9.88. The van der Waals surface area contributed by atoms with E-state index in [9.17, 15) is 0 Å². The van der Waals surface area contributed by atoms with Gasteiger partial charge >= 0.3 is 0 Å². The summed E-state index contributed by atoms with van der Waals surface area (Å²) in [5.41, 5.74) is 21.5. The Morgan fingerprint density at radius 1 is 0.831 bits per heavy atom. The van der Waals surface area contributed by atoms with Crippen molar-refractivity contribution >= 4 is 11.3 Å². The highest BCUT2D eigenvalue weighted by molar-refractivity contribution is 7.17. The van der Waals surface area contributed by atoms with E-state index in [1.165, 1.54) is 28.1 Å². The van der Waals surface area contributed by atoms with E-state index >= 15 is 0 Å². The zero-order valence-electron chi connectivity index (χ0n) is 36.5. The van der Waals surface area contributed by atoms with Gasteiger partial charge in [-0.05, 0) is 118 Å². The molecule has 8 rings (SSSR count). The van der Waals surface area contributed by atoms with E-state index < -0.39 is 0 Å². The molecule has 0 saturated heterocycles. The van der Waals surface area contributed by atoms with Gasteiger partial charge in [0.25, 0.3) is 5.89 Å². The van der Waals surface area contributed by atoms with E-state index in [4.69, 9.17) is 29.4 Å². The molecular formula is C45H59N11O2S. The van der Waals surface area contributed by atoms with Gasteiger partial charge in [-0.25, -0.2) is 0 Å². The van der Waals surface area contributed by atoms with Crippen molar-refractivity contribution in [1.29, 1.82) is 0 Å². The van der Waals surface area contributed by atoms with Gasteiger partial charge in [-0.1, -0.05) is 51.1 Å². The predicted molar refractivity (Wildman–Crippen MR) is 232 cm³/mol. The van der Waals surface area contributed by atoms with Crippen LogP contribution in [0.5, 0.6) is 5.75 Å². The second kappa shape index (κ2) is 16.3. The normalized spacial score (nSPS) is 15.7. The summed E-state index contributed by atoms with van der Waals surface area (Å²) in [5, 5.41) is 25.2. The number of hydrazine groups is 1. The first-order valence-corrected chi connectivity index (χ1v) is 22.1. The van der Waals surface area contributed by atoms with Gasteiger partial charge in [0.1, 0.15) is 23.1 Å². The van der Waals surface area contributed by atoms with Crippen molar-refractivity contribution < 1.29 is 9.26 Å². The van der Waals surface area contributed by atoms with E-state index in [0.717, 1.165) is 125 Å². The van der Waals surface area contributed by atoms with Crippen molar-refractivity contribution in [2.24, 2.45) is 17.9 Å². The van der Waals surface area contributed by atoms with E-state index in [-0.39, 0.29) is 5.41 Å². The van der Waals surface area contributed by atoms with Crippen LogP contribution in [0, 0.1) is 31.6 Å². The summed E-state index contributed by atoms with van der Waals surface area (Å²) in [6.07, 6.45) is 7.94. The highest BCUT2D eigenvalue weighted by atomic mass is 32.1. The average Bonchev–Trinajstić information content (AvgIpc) is 4.00. The number of rotatable bonds is 14. The second-order valence-electron chi connectivity index (χ2n) is 18.0. The number of nitrogens with zero attached hydrogens (tertiary/aromatic N) is 9. The van der Waals surface area contributed by atoms with Crippen molar-refractivity contribution in [2.75, 3.05) is 19.7 Å². The van der Waals surface area contributed by atoms with Crippen molar-refractivity contribution in [3.63, 3.8) is 0 Å². The number of aryl methyl sites for hydroxylation is 6. The molecule has 2 aliphatic carbocycles. The molecule has 0 atom stereocenters. The maximum atomic E-state index is 6.27. The van der Waals surface area contributed by atoms with Gasteiger partial charge in [-0.3, -0.25) is 25.2 Å². The average molecular weight is 818 g/mol. The van der Waals surface area contributed by atoms with Crippen LogP contribution >= 0.6 is 11.3 Å². The molecule has 5 heterocycles. The van der Waals surface area contributed by atoms with Crippen LogP contribution in [-0.4, -0.2) is 64.6 Å². The number of nitrogens with one attached hydrogen (secondary N) is 2. The zero-order chi connectivity index (χ0) is 41.6. The fourth-order valence-corrected chi connectivity index (χ4v) is 9.71. The second-order valence-corrected chi connectivity index (χ2v) is 19.0. The number of aromatic nitrogens is 9. The Balaban J connectivity index is 0.837. The van der Waals surface area contributed by atoms with Crippen LogP contribution in [0.2, 0.25) is 0 Å². The van der Waals surface area contributed by atoms with Crippen LogP contribution < -0.4 is 15.6 Å². The molecule has 2 aliphatic rings. The number of pyridine rings is 1. The minimum absolute atomic E-state index is 0.262. The molecule has 5 aromatic heterocycles. The smallest absolute Gasteiger partial charge is 0.279 e. The third-order valence-electron chi connectivity index (χ3n) is 12.2. The van der Waals surface area contributed by atoms with Crippen molar-refractivity contribution in [3.8, 4) is 50.0 Å². The van der Waals surface area contributed by atoms with Gasteiger partial charge < -0.3 is 9.26 Å². The maximum Gasteiger partial charge on any atom is 0.279 e. The molecule has 0 saturated carbocycles. The van der Waals surface area contributed by atoms with E-state index in [1.807, 2.05) is 18.7 Å². The molecule has 0 spiro atoms. The quantitative estimate of drug-likeness (QED) is 0.0811. The first-order chi connectivity index (χ1) is 28.2. The van der Waals surface area contributed by atoms with Gasteiger partial charge in [0.15, 0.2) is 10.7 Å². The summed E-state index contributed by atoms with van der Waals surface area (Å²) < 4.78 is 16.3. The van der Waals surface area contributed by atoms with Crippen LogP contribution in [0.4, 0.5) is 0 Å². The lowest BCUT2D eigenvalue weighted by Crippen LogP contribution is -2.36.